The maximum absolute atomic E-state index is 13.6. The number of aliphatic hydroxyl groups is 1. The molecule has 2 unspecified atom stereocenters. The summed E-state index contributed by atoms with van der Waals surface area (Å²) in [5.74, 6) is -1.50. The van der Waals surface area contributed by atoms with E-state index in [-0.39, 0.29) is 10.8 Å². The van der Waals surface area contributed by atoms with Gasteiger partial charge in [0.05, 0.1) is 11.7 Å². The molecule has 1 aromatic rings. The highest BCUT2D eigenvalue weighted by Crippen LogP contribution is 2.35. The molecule has 2 N–H and O–H groups in total. The number of hydrogen-bond donors (Lipinski definition) is 2. The lowest BCUT2D eigenvalue weighted by molar-refractivity contribution is 0.0696. The van der Waals surface area contributed by atoms with E-state index in [1.54, 1.807) is 0 Å². The Morgan fingerprint density at radius 2 is 2.06 bits per heavy atom. The highest BCUT2D eigenvalue weighted by Gasteiger charge is 2.25. The minimum atomic E-state index is -1.07. The van der Waals surface area contributed by atoms with Crippen molar-refractivity contribution in [2.45, 2.75) is 41.9 Å². The zero-order valence-electron chi connectivity index (χ0n) is 9.80. The van der Waals surface area contributed by atoms with Crippen LogP contribution in [-0.2, 0) is 0 Å². The first-order valence-electron chi connectivity index (χ1n) is 5.95. The number of halogens is 1. The van der Waals surface area contributed by atoms with Gasteiger partial charge in [-0.15, -0.1) is 11.8 Å². The van der Waals surface area contributed by atoms with Crippen molar-refractivity contribution in [1.82, 2.24) is 0 Å². The molecule has 1 aliphatic rings. The van der Waals surface area contributed by atoms with Crippen molar-refractivity contribution in [1.29, 1.82) is 0 Å². The summed E-state index contributed by atoms with van der Waals surface area (Å²) in [6, 6.07) is 3.75. The van der Waals surface area contributed by atoms with E-state index in [1.165, 1.54) is 30.0 Å². The molecule has 98 valence electrons. The summed E-state index contributed by atoms with van der Waals surface area (Å²) < 4.78 is 13.6. The van der Waals surface area contributed by atoms with Crippen molar-refractivity contribution < 1.29 is 19.4 Å². The van der Waals surface area contributed by atoms with Gasteiger partial charge in [-0.2, -0.15) is 0 Å². The van der Waals surface area contributed by atoms with Crippen LogP contribution in [0.15, 0.2) is 23.1 Å². The molecule has 5 heteroatoms. The molecule has 1 aliphatic carbocycles. The van der Waals surface area contributed by atoms with E-state index < -0.39 is 17.9 Å². The molecule has 0 bridgehead atoms. The van der Waals surface area contributed by atoms with E-state index in [4.69, 9.17) is 5.11 Å². The second-order valence-electron chi connectivity index (χ2n) is 4.46. The van der Waals surface area contributed by atoms with Gasteiger partial charge in [0.25, 0.3) is 0 Å². The number of aromatic carboxylic acids is 1. The third kappa shape index (κ3) is 3.03. The number of carbonyl (C=O) groups is 1. The molecule has 0 radical (unpaired) electrons. The smallest absolute Gasteiger partial charge is 0.335 e. The Morgan fingerprint density at radius 3 is 2.72 bits per heavy atom. The van der Waals surface area contributed by atoms with Crippen molar-refractivity contribution in [2.75, 3.05) is 0 Å². The Bertz CT molecular complexity index is 450. The molecule has 2 atom stereocenters. The molecule has 0 heterocycles. The second-order valence-corrected chi connectivity index (χ2v) is 5.74. The monoisotopic (exact) mass is 270 g/mol. The lowest BCUT2D eigenvalue weighted by atomic mass is 9.97. The van der Waals surface area contributed by atoms with E-state index in [9.17, 15) is 14.3 Å². The molecule has 1 saturated carbocycles. The fourth-order valence-corrected chi connectivity index (χ4v) is 3.38. The third-order valence-electron chi connectivity index (χ3n) is 3.12. The normalized spacial score (nSPS) is 23.9. The van der Waals surface area contributed by atoms with Crippen LogP contribution in [0.1, 0.15) is 36.0 Å². The zero-order chi connectivity index (χ0) is 13.1. The first-order chi connectivity index (χ1) is 8.58. The number of hydrogen-bond acceptors (Lipinski definition) is 3. The Hall–Kier alpha value is -1.07. The summed E-state index contributed by atoms with van der Waals surface area (Å²) in [6.45, 7) is 0. The van der Waals surface area contributed by atoms with Crippen LogP contribution in [0.4, 0.5) is 4.39 Å². The predicted octanol–water partition coefficient (Wildman–Crippen LogP) is 2.92. The summed E-state index contributed by atoms with van der Waals surface area (Å²) in [6.07, 6.45) is 3.15. The molecule has 0 aromatic heterocycles. The van der Waals surface area contributed by atoms with Crippen LogP contribution in [-0.4, -0.2) is 27.5 Å². The van der Waals surface area contributed by atoms with Gasteiger partial charge in [0, 0.05) is 10.1 Å². The first kappa shape index (κ1) is 13.4. The molecule has 0 saturated heterocycles. The number of thioether (sulfide) groups is 1. The molecular formula is C13H15FO3S. The van der Waals surface area contributed by atoms with Crippen LogP contribution in [0.5, 0.6) is 0 Å². The van der Waals surface area contributed by atoms with Crippen LogP contribution >= 0.6 is 11.8 Å². The number of benzene rings is 1. The summed E-state index contributed by atoms with van der Waals surface area (Å²) >= 11 is 1.24. The van der Waals surface area contributed by atoms with Gasteiger partial charge < -0.3 is 10.2 Å². The van der Waals surface area contributed by atoms with Crippen molar-refractivity contribution in [2.24, 2.45) is 0 Å². The molecule has 1 aromatic carbocycles. The molecular weight excluding hydrogens is 255 g/mol. The highest BCUT2D eigenvalue weighted by molar-refractivity contribution is 8.00. The number of carboxylic acids is 1. The zero-order valence-corrected chi connectivity index (χ0v) is 10.6. The summed E-state index contributed by atoms with van der Waals surface area (Å²) in [5, 5.41) is 18.7. The molecule has 3 nitrogen and oxygen atoms in total. The SMILES string of the molecule is O=C(O)c1ccc(F)c(SC2CCCCC2O)c1. The van der Waals surface area contributed by atoms with Crippen molar-refractivity contribution >= 4 is 17.7 Å². The highest BCUT2D eigenvalue weighted by atomic mass is 32.2. The lowest BCUT2D eigenvalue weighted by Gasteiger charge is -2.27. The number of carboxylic acid groups (broad SMARTS) is 1. The van der Waals surface area contributed by atoms with Crippen molar-refractivity contribution in [3.8, 4) is 0 Å². The van der Waals surface area contributed by atoms with Gasteiger partial charge in [0.2, 0.25) is 0 Å². The Labute approximate surface area is 109 Å². The molecule has 0 aliphatic heterocycles. The molecule has 18 heavy (non-hydrogen) atoms. The standard InChI is InChI=1S/C13H15FO3S/c14-9-6-5-8(13(16)17)7-12(9)18-11-4-2-1-3-10(11)15/h5-7,10-11,15H,1-4H2,(H,16,17). The average Bonchev–Trinajstić information content (AvgIpc) is 2.34. The van der Waals surface area contributed by atoms with Gasteiger partial charge in [-0.25, -0.2) is 9.18 Å². The van der Waals surface area contributed by atoms with Crippen molar-refractivity contribution in [3.05, 3.63) is 29.6 Å². The summed E-state index contributed by atoms with van der Waals surface area (Å²) in [7, 11) is 0. The van der Waals surface area contributed by atoms with Crippen LogP contribution < -0.4 is 0 Å². The van der Waals surface area contributed by atoms with E-state index in [2.05, 4.69) is 0 Å². The summed E-state index contributed by atoms with van der Waals surface area (Å²) in [5.41, 5.74) is 0.0733. The van der Waals surface area contributed by atoms with E-state index in [0.717, 1.165) is 25.7 Å². The van der Waals surface area contributed by atoms with Crippen molar-refractivity contribution in [3.63, 3.8) is 0 Å². The maximum atomic E-state index is 13.6. The van der Waals surface area contributed by atoms with Gasteiger partial charge in [-0.3, -0.25) is 0 Å². The minimum Gasteiger partial charge on any atom is -0.478 e. The minimum absolute atomic E-state index is 0.0442. The summed E-state index contributed by atoms with van der Waals surface area (Å²) in [4.78, 5) is 11.1. The molecule has 2 rings (SSSR count). The topological polar surface area (TPSA) is 57.5 Å². The van der Waals surface area contributed by atoms with Crippen LogP contribution in [0.2, 0.25) is 0 Å². The van der Waals surface area contributed by atoms with Gasteiger partial charge in [-0.1, -0.05) is 12.8 Å². The fraction of sp³-hybridized carbons (Fsp3) is 0.462. The Morgan fingerprint density at radius 1 is 1.33 bits per heavy atom. The molecule has 1 fully saturated rings. The van der Waals surface area contributed by atoms with Crippen LogP contribution in [0, 0.1) is 5.82 Å². The predicted molar refractivity (Wildman–Crippen MR) is 67.5 cm³/mol. The maximum Gasteiger partial charge on any atom is 0.335 e. The molecule has 0 spiro atoms. The van der Waals surface area contributed by atoms with Crippen LogP contribution in [0.3, 0.4) is 0 Å². The Balaban J connectivity index is 2.17. The van der Waals surface area contributed by atoms with Crippen LogP contribution in [0.25, 0.3) is 0 Å². The largest absolute Gasteiger partial charge is 0.478 e. The van der Waals surface area contributed by atoms with Gasteiger partial charge in [0.15, 0.2) is 0 Å². The average molecular weight is 270 g/mol. The van der Waals surface area contributed by atoms with E-state index >= 15 is 0 Å². The van der Waals surface area contributed by atoms with Gasteiger partial charge in [-0.05, 0) is 31.0 Å². The molecule has 0 amide bonds. The van der Waals surface area contributed by atoms with E-state index in [0.29, 0.717) is 4.90 Å². The Kier molecular flexibility index (Phi) is 4.24. The van der Waals surface area contributed by atoms with E-state index in [1.807, 2.05) is 0 Å². The fourth-order valence-electron chi connectivity index (χ4n) is 2.10. The quantitative estimate of drug-likeness (QED) is 0.886. The number of rotatable bonds is 3. The number of aliphatic hydroxyl groups excluding tert-OH is 1. The van der Waals surface area contributed by atoms with Gasteiger partial charge in [0.1, 0.15) is 5.82 Å². The third-order valence-corrected chi connectivity index (χ3v) is 4.54. The lowest BCUT2D eigenvalue weighted by Crippen LogP contribution is -2.26. The first-order valence-corrected chi connectivity index (χ1v) is 6.83. The second kappa shape index (κ2) is 5.71. The van der Waals surface area contributed by atoms with Gasteiger partial charge >= 0.3 is 5.97 Å².